The molecule has 1 heterocycles. The van der Waals surface area contributed by atoms with E-state index in [-0.39, 0.29) is 5.76 Å². The molecule has 0 aliphatic heterocycles. The van der Waals surface area contributed by atoms with Crippen LogP contribution in [0.1, 0.15) is 6.42 Å². The molecule has 4 heteroatoms. The number of nitrogens with one attached hydrogen (secondary N) is 1. The molecular weight excluding hydrogens is 192 g/mol. The van der Waals surface area contributed by atoms with Gasteiger partial charge in [0.05, 0.1) is 5.52 Å². The second-order valence-corrected chi connectivity index (χ2v) is 3.44. The molecule has 2 aromatic rings. The summed E-state index contributed by atoms with van der Waals surface area (Å²) in [5, 5.41) is 3.05. The maximum absolute atomic E-state index is 11.5. The highest BCUT2D eigenvalue weighted by Crippen LogP contribution is 2.11. The molecule has 0 spiro atoms. The molecule has 1 aromatic carbocycles. The van der Waals surface area contributed by atoms with Crippen LogP contribution in [0.15, 0.2) is 33.5 Å². The molecule has 0 atom stereocenters. The van der Waals surface area contributed by atoms with E-state index in [4.69, 9.17) is 4.42 Å². The molecule has 4 nitrogen and oxygen atoms in total. The molecule has 0 aliphatic carbocycles. The van der Waals surface area contributed by atoms with Crippen LogP contribution in [0.5, 0.6) is 0 Å². The van der Waals surface area contributed by atoms with Crippen molar-refractivity contribution >= 4 is 11.1 Å². The summed E-state index contributed by atoms with van der Waals surface area (Å²) in [7, 11) is 1.90. The minimum absolute atomic E-state index is 0.271. The van der Waals surface area contributed by atoms with Gasteiger partial charge in [0.25, 0.3) is 0 Å². The normalized spacial score (nSPS) is 11.0. The van der Waals surface area contributed by atoms with Gasteiger partial charge in [0.2, 0.25) is 0 Å². The Morgan fingerprint density at radius 2 is 2.20 bits per heavy atom. The molecule has 15 heavy (non-hydrogen) atoms. The van der Waals surface area contributed by atoms with Gasteiger partial charge in [-0.3, -0.25) is 4.57 Å². The number of aryl methyl sites for hydroxylation is 1. The van der Waals surface area contributed by atoms with Crippen molar-refractivity contribution in [2.45, 2.75) is 13.0 Å². The molecule has 0 saturated heterocycles. The van der Waals surface area contributed by atoms with E-state index >= 15 is 0 Å². The summed E-state index contributed by atoms with van der Waals surface area (Å²) in [6, 6.07) is 7.49. The predicted molar refractivity (Wildman–Crippen MR) is 59.0 cm³/mol. The Morgan fingerprint density at radius 3 is 3.00 bits per heavy atom. The third kappa shape index (κ3) is 1.94. The minimum Gasteiger partial charge on any atom is -0.408 e. The lowest BCUT2D eigenvalue weighted by molar-refractivity contribution is 0.494. The monoisotopic (exact) mass is 206 g/mol. The van der Waals surface area contributed by atoms with Crippen LogP contribution in [-0.2, 0) is 6.54 Å². The molecule has 2 rings (SSSR count). The number of fused-ring (bicyclic) bond motifs is 1. The molecular formula is C11H14N2O2. The van der Waals surface area contributed by atoms with Crippen LogP contribution in [-0.4, -0.2) is 18.2 Å². The Labute approximate surface area is 87.5 Å². The largest absolute Gasteiger partial charge is 0.419 e. The van der Waals surface area contributed by atoms with Crippen molar-refractivity contribution in [1.82, 2.24) is 9.88 Å². The van der Waals surface area contributed by atoms with Gasteiger partial charge in [-0.1, -0.05) is 12.1 Å². The van der Waals surface area contributed by atoms with Crippen molar-refractivity contribution in [3.8, 4) is 0 Å². The number of oxazole rings is 1. The van der Waals surface area contributed by atoms with E-state index in [9.17, 15) is 4.79 Å². The first-order valence-electron chi connectivity index (χ1n) is 5.06. The molecule has 0 aliphatic rings. The van der Waals surface area contributed by atoms with Gasteiger partial charge in [-0.2, -0.15) is 0 Å². The van der Waals surface area contributed by atoms with Gasteiger partial charge in [-0.05, 0) is 32.1 Å². The van der Waals surface area contributed by atoms with E-state index in [0.717, 1.165) is 18.5 Å². The number of hydrogen-bond acceptors (Lipinski definition) is 3. The lowest BCUT2D eigenvalue weighted by Gasteiger charge is -2.00. The number of hydrogen-bond donors (Lipinski definition) is 1. The van der Waals surface area contributed by atoms with Gasteiger partial charge in [-0.15, -0.1) is 0 Å². The fourth-order valence-electron chi connectivity index (χ4n) is 1.64. The fraction of sp³-hybridized carbons (Fsp3) is 0.364. The quantitative estimate of drug-likeness (QED) is 0.765. The molecule has 0 fully saturated rings. The maximum atomic E-state index is 11.5. The topological polar surface area (TPSA) is 47.2 Å². The summed E-state index contributed by atoms with van der Waals surface area (Å²) in [6.45, 7) is 1.59. The van der Waals surface area contributed by atoms with Crippen molar-refractivity contribution in [1.29, 1.82) is 0 Å². The Kier molecular flexibility index (Phi) is 2.87. The van der Waals surface area contributed by atoms with Gasteiger partial charge in [0, 0.05) is 6.54 Å². The van der Waals surface area contributed by atoms with Gasteiger partial charge in [0.1, 0.15) is 0 Å². The van der Waals surface area contributed by atoms with E-state index in [1.807, 2.05) is 31.3 Å². The summed E-state index contributed by atoms with van der Waals surface area (Å²) in [6.07, 6.45) is 0.917. The summed E-state index contributed by atoms with van der Waals surface area (Å²) in [5.74, 6) is -0.271. The first-order valence-corrected chi connectivity index (χ1v) is 5.06. The Morgan fingerprint density at radius 1 is 1.40 bits per heavy atom. The molecule has 80 valence electrons. The average molecular weight is 206 g/mol. The Bertz CT molecular complexity index is 499. The first-order chi connectivity index (χ1) is 7.33. The van der Waals surface area contributed by atoms with Crippen LogP contribution in [0.4, 0.5) is 0 Å². The van der Waals surface area contributed by atoms with Crippen molar-refractivity contribution in [2.75, 3.05) is 13.6 Å². The predicted octanol–water partition coefficient (Wildman–Crippen LogP) is 1.20. The van der Waals surface area contributed by atoms with E-state index in [0.29, 0.717) is 12.1 Å². The van der Waals surface area contributed by atoms with E-state index < -0.39 is 0 Å². The second-order valence-electron chi connectivity index (χ2n) is 3.44. The number of rotatable bonds is 4. The summed E-state index contributed by atoms with van der Waals surface area (Å²) in [4.78, 5) is 11.5. The average Bonchev–Trinajstić information content (AvgIpc) is 2.56. The number of nitrogens with zero attached hydrogens (tertiary/aromatic N) is 1. The van der Waals surface area contributed by atoms with Crippen LogP contribution < -0.4 is 11.1 Å². The van der Waals surface area contributed by atoms with Crippen molar-refractivity contribution in [3.05, 3.63) is 34.8 Å². The summed E-state index contributed by atoms with van der Waals surface area (Å²) < 4.78 is 6.79. The van der Waals surface area contributed by atoms with Crippen LogP contribution in [0.2, 0.25) is 0 Å². The van der Waals surface area contributed by atoms with Crippen molar-refractivity contribution in [2.24, 2.45) is 0 Å². The van der Waals surface area contributed by atoms with E-state index in [2.05, 4.69) is 5.32 Å². The van der Waals surface area contributed by atoms with Crippen molar-refractivity contribution in [3.63, 3.8) is 0 Å². The molecule has 0 saturated carbocycles. The highest BCUT2D eigenvalue weighted by atomic mass is 16.4. The highest BCUT2D eigenvalue weighted by molar-refractivity contribution is 5.72. The standard InChI is InChI=1S/C11H14N2O2/c1-12-7-4-8-13-9-5-2-3-6-10(9)15-11(13)14/h2-3,5-6,12H,4,7-8H2,1H3. The number of para-hydroxylation sites is 2. The van der Waals surface area contributed by atoms with E-state index in [1.165, 1.54) is 0 Å². The molecule has 0 unspecified atom stereocenters. The molecule has 0 amide bonds. The molecule has 0 radical (unpaired) electrons. The van der Waals surface area contributed by atoms with E-state index in [1.54, 1.807) is 4.57 Å². The molecule has 0 bridgehead atoms. The zero-order chi connectivity index (χ0) is 10.7. The first kappa shape index (κ1) is 9.98. The fourth-order valence-corrected chi connectivity index (χ4v) is 1.64. The molecule has 1 N–H and O–H groups in total. The second kappa shape index (κ2) is 4.31. The van der Waals surface area contributed by atoms with Gasteiger partial charge >= 0.3 is 5.76 Å². The lowest BCUT2D eigenvalue weighted by Crippen LogP contribution is -2.17. The smallest absolute Gasteiger partial charge is 0.408 e. The number of aromatic nitrogens is 1. The highest BCUT2D eigenvalue weighted by Gasteiger charge is 2.06. The maximum Gasteiger partial charge on any atom is 0.419 e. The van der Waals surface area contributed by atoms with Crippen LogP contribution >= 0.6 is 0 Å². The third-order valence-electron chi connectivity index (χ3n) is 2.38. The molecule has 1 aromatic heterocycles. The van der Waals surface area contributed by atoms with Crippen LogP contribution in [0.25, 0.3) is 11.1 Å². The summed E-state index contributed by atoms with van der Waals surface area (Å²) >= 11 is 0. The summed E-state index contributed by atoms with van der Waals surface area (Å²) in [5.41, 5.74) is 1.53. The van der Waals surface area contributed by atoms with Gasteiger partial charge < -0.3 is 9.73 Å². The SMILES string of the molecule is CNCCCn1c(=O)oc2ccccc21. The van der Waals surface area contributed by atoms with Crippen LogP contribution in [0.3, 0.4) is 0 Å². The Hall–Kier alpha value is -1.55. The van der Waals surface area contributed by atoms with Crippen molar-refractivity contribution < 1.29 is 4.42 Å². The zero-order valence-electron chi connectivity index (χ0n) is 8.69. The lowest BCUT2D eigenvalue weighted by atomic mass is 10.3. The van der Waals surface area contributed by atoms with Crippen LogP contribution in [0, 0.1) is 0 Å². The third-order valence-corrected chi connectivity index (χ3v) is 2.38. The van der Waals surface area contributed by atoms with Gasteiger partial charge in [-0.25, -0.2) is 4.79 Å². The minimum atomic E-state index is -0.271. The zero-order valence-corrected chi connectivity index (χ0v) is 8.69. The number of benzene rings is 1. The van der Waals surface area contributed by atoms with Gasteiger partial charge in [0.15, 0.2) is 5.58 Å². The Balaban J connectivity index is 2.33.